The van der Waals surface area contributed by atoms with Gasteiger partial charge in [0.2, 0.25) is 0 Å². The highest BCUT2D eigenvalue weighted by Crippen LogP contribution is 2.35. The van der Waals surface area contributed by atoms with E-state index in [1.165, 1.54) is 0 Å². The molecule has 0 amide bonds. The van der Waals surface area contributed by atoms with Crippen molar-refractivity contribution in [1.82, 2.24) is 0 Å². The van der Waals surface area contributed by atoms with E-state index >= 15 is 0 Å². The third kappa shape index (κ3) is 1.62. The van der Waals surface area contributed by atoms with Crippen molar-refractivity contribution in [3.05, 3.63) is 18.2 Å². The Morgan fingerprint density at radius 1 is 1.43 bits per heavy atom. The van der Waals surface area contributed by atoms with Crippen LogP contribution in [0.25, 0.3) is 0 Å². The summed E-state index contributed by atoms with van der Waals surface area (Å²) >= 11 is 0. The summed E-state index contributed by atoms with van der Waals surface area (Å²) in [7, 11) is 1.65. The summed E-state index contributed by atoms with van der Waals surface area (Å²) in [6, 6.07) is 5.81. The Hall–Kier alpha value is -1.38. The number of methoxy groups -OCH3 is 1. The van der Waals surface area contributed by atoms with E-state index < -0.39 is 0 Å². The lowest BCUT2D eigenvalue weighted by molar-refractivity contribution is 0.241. The van der Waals surface area contributed by atoms with Crippen LogP contribution in [0.15, 0.2) is 18.2 Å². The highest BCUT2D eigenvalue weighted by atomic mass is 16.5. The number of rotatable bonds is 1. The number of benzene rings is 1. The standard InChI is InChI=1S/C11H15NO2/c1-11(2)7-14-10-6-8(13-3)4-5-9(10)12-11/h4-6,12H,7H2,1-3H3. The molecule has 76 valence electrons. The van der Waals surface area contributed by atoms with E-state index in [-0.39, 0.29) is 5.54 Å². The van der Waals surface area contributed by atoms with Crippen molar-refractivity contribution in [3.8, 4) is 11.5 Å². The third-order valence-corrected chi connectivity index (χ3v) is 2.25. The molecule has 3 nitrogen and oxygen atoms in total. The van der Waals surface area contributed by atoms with Crippen LogP contribution in [0.2, 0.25) is 0 Å². The van der Waals surface area contributed by atoms with Crippen LogP contribution in [0, 0.1) is 0 Å². The maximum Gasteiger partial charge on any atom is 0.146 e. The second-order valence-electron chi connectivity index (χ2n) is 4.16. The average Bonchev–Trinajstić information content (AvgIpc) is 2.16. The van der Waals surface area contributed by atoms with Crippen LogP contribution in [-0.2, 0) is 0 Å². The minimum Gasteiger partial charge on any atom is -0.497 e. The zero-order valence-corrected chi connectivity index (χ0v) is 8.76. The molecular weight excluding hydrogens is 178 g/mol. The van der Waals surface area contributed by atoms with Gasteiger partial charge in [-0.1, -0.05) is 0 Å². The van der Waals surface area contributed by atoms with Gasteiger partial charge in [-0.25, -0.2) is 0 Å². The first-order valence-corrected chi connectivity index (χ1v) is 4.70. The van der Waals surface area contributed by atoms with Crippen molar-refractivity contribution in [2.75, 3.05) is 19.0 Å². The van der Waals surface area contributed by atoms with Crippen LogP contribution in [-0.4, -0.2) is 19.3 Å². The van der Waals surface area contributed by atoms with Gasteiger partial charge in [-0.3, -0.25) is 0 Å². The molecule has 0 radical (unpaired) electrons. The molecule has 3 heteroatoms. The number of nitrogens with one attached hydrogen (secondary N) is 1. The largest absolute Gasteiger partial charge is 0.497 e. The van der Waals surface area contributed by atoms with Gasteiger partial charge in [0.1, 0.15) is 18.1 Å². The molecule has 0 aromatic heterocycles. The smallest absolute Gasteiger partial charge is 0.146 e. The fourth-order valence-electron chi connectivity index (χ4n) is 1.51. The van der Waals surface area contributed by atoms with Crippen LogP contribution in [0.4, 0.5) is 5.69 Å². The highest BCUT2D eigenvalue weighted by molar-refractivity contribution is 5.61. The molecule has 1 aliphatic heterocycles. The van der Waals surface area contributed by atoms with E-state index in [0.717, 1.165) is 17.2 Å². The van der Waals surface area contributed by atoms with E-state index in [2.05, 4.69) is 19.2 Å². The molecule has 0 saturated carbocycles. The summed E-state index contributed by atoms with van der Waals surface area (Å²) in [5.41, 5.74) is 1.03. The van der Waals surface area contributed by atoms with Crippen molar-refractivity contribution in [3.63, 3.8) is 0 Å². The van der Waals surface area contributed by atoms with Crippen LogP contribution < -0.4 is 14.8 Å². The molecule has 1 heterocycles. The van der Waals surface area contributed by atoms with Crippen LogP contribution in [0.3, 0.4) is 0 Å². The molecule has 1 aromatic carbocycles. The molecule has 0 unspecified atom stereocenters. The summed E-state index contributed by atoms with van der Waals surface area (Å²) in [6.07, 6.45) is 0. The fourth-order valence-corrected chi connectivity index (χ4v) is 1.51. The summed E-state index contributed by atoms with van der Waals surface area (Å²) in [5, 5.41) is 3.41. The second-order valence-corrected chi connectivity index (χ2v) is 4.16. The minimum absolute atomic E-state index is 0.00158. The SMILES string of the molecule is COc1ccc2c(c1)OCC(C)(C)N2. The van der Waals surface area contributed by atoms with Gasteiger partial charge in [-0.15, -0.1) is 0 Å². The monoisotopic (exact) mass is 193 g/mol. The molecule has 0 fully saturated rings. The lowest BCUT2D eigenvalue weighted by Crippen LogP contribution is -2.40. The van der Waals surface area contributed by atoms with Crippen molar-refractivity contribution < 1.29 is 9.47 Å². The molecule has 14 heavy (non-hydrogen) atoms. The molecule has 0 aliphatic carbocycles. The zero-order chi connectivity index (χ0) is 10.2. The first-order chi connectivity index (χ1) is 6.61. The molecule has 1 aromatic rings. The van der Waals surface area contributed by atoms with E-state index in [9.17, 15) is 0 Å². The number of hydrogen-bond donors (Lipinski definition) is 1. The molecule has 0 spiro atoms. The number of ether oxygens (including phenoxy) is 2. The van der Waals surface area contributed by atoms with Gasteiger partial charge < -0.3 is 14.8 Å². The Kier molecular flexibility index (Phi) is 2.02. The molecule has 2 rings (SSSR count). The van der Waals surface area contributed by atoms with Crippen LogP contribution in [0.5, 0.6) is 11.5 Å². The molecule has 1 N–H and O–H groups in total. The molecular formula is C11H15NO2. The number of fused-ring (bicyclic) bond motifs is 1. The first-order valence-electron chi connectivity index (χ1n) is 4.70. The predicted molar refractivity (Wildman–Crippen MR) is 56.2 cm³/mol. The van der Waals surface area contributed by atoms with Gasteiger partial charge in [0.05, 0.1) is 18.3 Å². The van der Waals surface area contributed by atoms with Gasteiger partial charge in [-0.05, 0) is 26.0 Å². The Morgan fingerprint density at radius 2 is 2.21 bits per heavy atom. The summed E-state index contributed by atoms with van der Waals surface area (Å²) in [5.74, 6) is 1.69. The third-order valence-electron chi connectivity index (χ3n) is 2.25. The highest BCUT2D eigenvalue weighted by Gasteiger charge is 2.25. The Balaban J connectivity index is 2.32. The van der Waals surface area contributed by atoms with Crippen LogP contribution in [0.1, 0.15) is 13.8 Å². The van der Waals surface area contributed by atoms with Gasteiger partial charge in [-0.2, -0.15) is 0 Å². The Morgan fingerprint density at radius 3 is 2.93 bits per heavy atom. The van der Waals surface area contributed by atoms with Gasteiger partial charge in [0.15, 0.2) is 0 Å². The topological polar surface area (TPSA) is 30.5 Å². The molecule has 1 aliphatic rings. The summed E-state index contributed by atoms with van der Waals surface area (Å²) in [4.78, 5) is 0. The lowest BCUT2D eigenvalue weighted by Gasteiger charge is -2.33. The normalized spacial score (nSPS) is 17.6. The predicted octanol–water partition coefficient (Wildman–Crippen LogP) is 2.28. The molecule has 0 bridgehead atoms. The maximum atomic E-state index is 5.64. The summed E-state index contributed by atoms with van der Waals surface area (Å²) in [6.45, 7) is 4.90. The lowest BCUT2D eigenvalue weighted by atomic mass is 10.0. The average molecular weight is 193 g/mol. The van der Waals surface area contributed by atoms with E-state index in [1.54, 1.807) is 7.11 Å². The fraction of sp³-hybridized carbons (Fsp3) is 0.455. The molecule has 0 saturated heterocycles. The Bertz CT molecular complexity index is 347. The first kappa shape index (κ1) is 9.19. The van der Waals surface area contributed by atoms with E-state index in [1.807, 2.05) is 18.2 Å². The minimum atomic E-state index is 0.00158. The number of anilines is 1. The van der Waals surface area contributed by atoms with E-state index in [0.29, 0.717) is 6.61 Å². The van der Waals surface area contributed by atoms with Crippen molar-refractivity contribution in [1.29, 1.82) is 0 Å². The maximum absolute atomic E-state index is 5.64. The second kappa shape index (κ2) is 3.08. The van der Waals surface area contributed by atoms with Gasteiger partial charge >= 0.3 is 0 Å². The Labute approximate surface area is 84.0 Å². The van der Waals surface area contributed by atoms with Crippen molar-refractivity contribution >= 4 is 5.69 Å². The quantitative estimate of drug-likeness (QED) is 0.742. The molecule has 0 atom stereocenters. The van der Waals surface area contributed by atoms with E-state index in [4.69, 9.17) is 9.47 Å². The van der Waals surface area contributed by atoms with Gasteiger partial charge in [0, 0.05) is 6.07 Å². The number of hydrogen-bond acceptors (Lipinski definition) is 3. The van der Waals surface area contributed by atoms with Crippen molar-refractivity contribution in [2.24, 2.45) is 0 Å². The van der Waals surface area contributed by atoms with Crippen LogP contribution >= 0.6 is 0 Å². The zero-order valence-electron chi connectivity index (χ0n) is 8.76. The van der Waals surface area contributed by atoms with Gasteiger partial charge in [0.25, 0.3) is 0 Å². The van der Waals surface area contributed by atoms with Crippen molar-refractivity contribution in [2.45, 2.75) is 19.4 Å². The summed E-state index contributed by atoms with van der Waals surface area (Å²) < 4.78 is 10.8.